The van der Waals surface area contributed by atoms with E-state index in [4.69, 9.17) is 5.73 Å². The molecule has 0 fully saturated rings. The van der Waals surface area contributed by atoms with Crippen LogP contribution in [-0.2, 0) is 0 Å². The fraction of sp³-hybridized carbons (Fsp3) is 0.444. The third-order valence-electron chi connectivity index (χ3n) is 2.60. The first-order chi connectivity index (χ1) is 6.59. The van der Waals surface area contributed by atoms with Crippen molar-refractivity contribution in [1.29, 1.82) is 0 Å². The molecular weight excluding hydrogens is 180 g/mol. The van der Waals surface area contributed by atoms with Crippen LogP contribution in [0.25, 0.3) is 0 Å². The number of nitrogens with zero attached hydrogens (tertiary/aromatic N) is 2. The van der Waals surface area contributed by atoms with E-state index in [1.54, 1.807) is 6.21 Å². The number of aromatic nitrogens is 2. The van der Waals surface area contributed by atoms with Crippen LogP contribution in [0.1, 0.15) is 25.5 Å². The van der Waals surface area contributed by atoms with Gasteiger partial charge in [-0.3, -0.25) is 14.8 Å². The summed E-state index contributed by atoms with van der Waals surface area (Å²) in [5, 5.41) is 0. The van der Waals surface area contributed by atoms with E-state index >= 15 is 0 Å². The van der Waals surface area contributed by atoms with E-state index in [-0.39, 0.29) is 23.3 Å². The molecule has 0 amide bonds. The third-order valence-corrected chi connectivity index (χ3v) is 2.60. The Morgan fingerprint density at radius 1 is 1.50 bits per heavy atom. The second-order valence-corrected chi connectivity index (χ2v) is 3.61. The van der Waals surface area contributed by atoms with Gasteiger partial charge in [-0.1, -0.05) is 13.8 Å². The van der Waals surface area contributed by atoms with Gasteiger partial charge in [-0.2, -0.15) is 0 Å². The molecule has 1 aromatic rings. The van der Waals surface area contributed by atoms with Crippen molar-refractivity contribution >= 4 is 17.9 Å². The molecule has 5 heteroatoms. The van der Waals surface area contributed by atoms with Gasteiger partial charge >= 0.3 is 0 Å². The average molecular weight is 192 g/mol. The Bertz CT molecular complexity index is 449. The Balaban J connectivity index is 2.68. The topological polar surface area (TPSA) is 84.1 Å². The third kappa shape index (κ3) is 1.21. The predicted molar refractivity (Wildman–Crippen MR) is 55.0 cm³/mol. The highest BCUT2D eigenvalue weighted by Gasteiger charge is 2.24. The molecule has 1 aromatic heterocycles. The lowest BCUT2D eigenvalue weighted by Crippen LogP contribution is -2.21. The summed E-state index contributed by atoms with van der Waals surface area (Å²) in [6.45, 7) is 4.05. The van der Waals surface area contributed by atoms with Gasteiger partial charge in [-0.05, 0) is 5.92 Å². The molecule has 1 aliphatic rings. The normalized spacial score (nSPS) is 24.7. The Labute approximate surface area is 81.1 Å². The van der Waals surface area contributed by atoms with Gasteiger partial charge in [0.1, 0.15) is 5.69 Å². The smallest absolute Gasteiger partial charge is 0.278 e. The molecule has 3 N–H and O–H groups in total. The summed E-state index contributed by atoms with van der Waals surface area (Å²) in [5.41, 5.74) is 6.30. The summed E-state index contributed by atoms with van der Waals surface area (Å²) in [4.78, 5) is 22.1. The number of anilines is 1. The van der Waals surface area contributed by atoms with Crippen LogP contribution in [0.3, 0.4) is 0 Å². The zero-order chi connectivity index (χ0) is 10.3. The van der Waals surface area contributed by atoms with Crippen LogP contribution in [0.2, 0.25) is 0 Å². The van der Waals surface area contributed by atoms with Gasteiger partial charge in [-0.15, -0.1) is 0 Å². The fourth-order valence-electron chi connectivity index (χ4n) is 1.51. The van der Waals surface area contributed by atoms with Gasteiger partial charge in [0.05, 0.1) is 5.69 Å². The molecule has 2 atom stereocenters. The number of fused-ring (bicyclic) bond motifs is 1. The number of aromatic amines is 1. The Kier molecular flexibility index (Phi) is 1.87. The van der Waals surface area contributed by atoms with Crippen molar-refractivity contribution in [3.05, 3.63) is 16.0 Å². The van der Waals surface area contributed by atoms with E-state index in [0.717, 1.165) is 0 Å². The summed E-state index contributed by atoms with van der Waals surface area (Å²) in [5.74, 6) is 0.633. The number of nitrogens with one attached hydrogen (secondary N) is 1. The van der Waals surface area contributed by atoms with E-state index in [0.29, 0.717) is 11.4 Å². The van der Waals surface area contributed by atoms with E-state index < -0.39 is 0 Å². The van der Waals surface area contributed by atoms with Crippen molar-refractivity contribution in [2.24, 2.45) is 10.9 Å². The molecule has 0 aromatic carbocycles. The molecule has 0 spiro atoms. The number of aliphatic imine (C=N–C) groups is 1. The van der Waals surface area contributed by atoms with Gasteiger partial charge in [0, 0.05) is 12.1 Å². The molecule has 0 saturated heterocycles. The number of nitrogen functional groups attached to an aromatic ring is 1. The van der Waals surface area contributed by atoms with Crippen LogP contribution >= 0.6 is 0 Å². The SMILES string of the molecule is CC1C=Nc2c(nc(N)[nH]c2=O)C1C. The van der Waals surface area contributed by atoms with Crippen LogP contribution < -0.4 is 11.3 Å². The molecular formula is C9H12N4O. The van der Waals surface area contributed by atoms with E-state index in [9.17, 15) is 4.79 Å². The van der Waals surface area contributed by atoms with Crippen LogP contribution in [-0.4, -0.2) is 16.2 Å². The minimum atomic E-state index is -0.262. The highest BCUT2D eigenvalue weighted by molar-refractivity contribution is 5.71. The lowest BCUT2D eigenvalue weighted by atomic mass is 9.91. The lowest BCUT2D eigenvalue weighted by molar-refractivity contribution is 0.606. The zero-order valence-corrected chi connectivity index (χ0v) is 8.11. The quantitative estimate of drug-likeness (QED) is 0.637. The van der Waals surface area contributed by atoms with E-state index in [1.165, 1.54) is 0 Å². The first kappa shape index (κ1) is 8.93. The van der Waals surface area contributed by atoms with E-state index in [1.807, 2.05) is 13.8 Å². The second-order valence-electron chi connectivity index (χ2n) is 3.61. The standard InChI is InChI=1S/C9H12N4O/c1-4-3-11-7-6(5(4)2)12-9(10)13-8(7)14/h3-5H,1-2H3,(H3,10,12,13,14). The minimum Gasteiger partial charge on any atom is -0.369 e. The van der Waals surface area contributed by atoms with Gasteiger partial charge in [0.25, 0.3) is 5.56 Å². The summed E-state index contributed by atoms with van der Waals surface area (Å²) < 4.78 is 0. The maximum absolute atomic E-state index is 11.4. The molecule has 0 saturated carbocycles. The summed E-state index contributed by atoms with van der Waals surface area (Å²) in [7, 11) is 0. The minimum absolute atomic E-state index is 0.157. The Morgan fingerprint density at radius 2 is 2.21 bits per heavy atom. The van der Waals surface area contributed by atoms with Crippen molar-refractivity contribution in [2.75, 3.05) is 5.73 Å². The molecule has 2 rings (SSSR count). The van der Waals surface area contributed by atoms with Gasteiger partial charge in [0.15, 0.2) is 0 Å². The summed E-state index contributed by atoms with van der Waals surface area (Å²) in [6, 6.07) is 0. The highest BCUT2D eigenvalue weighted by Crippen LogP contribution is 2.31. The summed E-state index contributed by atoms with van der Waals surface area (Å²) in [6.07, 6.45) is 1.78. The van der Waals surface area contributed by atoms with Crippen molar-refractivity contribution in [3.63, 3.8) is 0 Å². The molecule has 0 radical (unpaired) electrons. The van der Waals surface area contributed by atoms with Crippen LogP contribution in [0.4, 0.5) is 11.6 Å². The van der Waals surface area contributed by atoms with Crippen molar-refractivity contribution in [3.8, 4) is 0 Å². The summed E-state index contributed by atoms with van der Waals surface area (Å²) >= 11 is 0. The first-order valence-corrected chi connectivity index (χ1v) is 4.53. The monoisotopic (exact) mass is 192 g/mol. The van der Waals surface area contributed by atoms with Crippen LogP contribution in [0.15, 0.2) is 9.79 Å². The Morgan fingerprint density at radius 3 is 2.93 bits per heavy atom. The maximum atomic E-state index is 11.4. The lowest BCUT2D eigenvalue weighted by Gasteiger charge is -2.20. The molecule has 74 valence electrons. The van der Waals surface area contributed by atoms with E-state index in [2.05, 4.69) is 15.0 Å². The zero-order valence-electron chi connectivity index (χ0n) is 8.11. The number of hydrogen-bond donors (Lipinski definition) is 2. The molecule has 2 heterocycles. The highest BCUT2D eigenvalue weighted by atomic mass is 16.1. The molecule has 0 bridgehead atoms. The van der Waals surface area contributed by atoms with Gasteiger partial charge in [-0.25, -0.2) is 4.98 Å². The Hall–Kier alpha value is -1.65. The molecule has 5 nitrogen and oxygen atoms in total. The second kappa shape index (κ2) is 2.94. The van der Waals surface area contributed by atoms with Gasteiger partial charge in [0.2, 0.25) is 5.95 Å². The number of rotatable bonds is 0. The van der Waals surface area contributed by atoms with Gasteiger partial charge < -0.3 is 5.73 Å². The first-order valence-electron chi connectivity index (χ1n) is 4.53. The maximum Gasteiger partial charge on any atom is 0.278 e. The molecule has 2 unspecified atom stereocenters. The largest absolute Gasteiger partial charge is 0.369 e. The average Bonchev–Trinajstić information content (AvgIpc) is 2.12. The molecule has 0 aliphatic carbocycles. The van der Waals surface area contributed by atoms with Crippen molar-refractivity contribution in [2.45, 2.75) is 19.8 Å². The number of hydrogen-bond acceptors (Lipinski definition) is 4. The molecule has 14 heavy (non-hydrogen) atoms. The predicted octanol–water partition coefficient (Wildman–Crippen LogP) is 0.808. The van der Waals surface area contributed by atoms with Crippen molar-refractivity contribution in [1.82, 2.24) is 9.97 Å². The molecule has 1 aliphatic heterocycles. The van der Waals surface area contributed by atoms with Crippen LogP contribution in [0.5, 0.6) is 0 Å². The fourth-order valence-corrected chi connectivity index (χ4v) is 1.51. The van der Waals surface area contributed by atoms with Crippen molar-refractivity contribution < 1.29 is 0 Å². The van der Waals surface area contributed by atoms with Crippen LogP contribution in [0, 0.1) is 5.92 Å². The number of H-pyrrole nitrogens is 1. The number of nitrogens with two attached hydrogens (primary N) is 1.